The second kappa shape index (κ2) is 5.37. The second-order valence-electron chi connectivity index (χ2n) is 6.25. The van der Waals surface area contributed by atoms with Gasteiger partial charge in [-0.3, -0.25) is 0 Å². The molecule has 0 amide bonds. The van der Waals surface area contributed by atoms with Gasteiger partial charge in [-0.05, 0) is 52.6 Å². The van der Waals surface area contributed by atoms with E-state index in [1.807, 2.05) is 0 Å². The zero-order valence-corrected chi connectivity index (χ0v) is 13.9. The Morgan fingerprint density at radius 1 is 1.33 bits per heavy atom. The molecule has 1 heterocycles. The van der Waals surface area contributed by atoms with Crippen molar-refractivity contribution in [2.24, 2.45) is 5.41 Å². The van der Waals surface area contributed by atoms with Gasteiger partial charge in [0.2, 0.25) is 0 Å². The molecule has 1 aliphatic heterocycles. The summed E-state index contributed by atoms with van der Waals surface area (Å²) in [6.07, 6.45) is 0. The highest BCUT2D eigenvalue weighted by Crippen LogP contribution is 2.27. The highest BCUT2D eigenvalue weighted by Gasteiger charge is 2.29. The highest BCUT2D eigenvalue weighted by molar-refractivity contribution is 14.1. The Bertz CT molecular complexity index is 423. The molecule has 0 aliphatic carbocycles. The molecule has 1 fully saturated rings. The Hall–Kier alpha value is -0.290. The lowest BCUT2D eigenvalue weighted by molar-refractivity contribution is 0.254. The summed E-state index contributed by atoms with van der Waals surface area (Å²) in [5.41, 5.74) is 3.09. The first-order valence-corrected chi connectivity index (χ1v) is 7.70. The van der Waals surface area contributed by atoms with Gasteiger partial charge in [0.25, 0.3) is 0 Å². The van der Waals surface area contributed by atoms with Crippen molar-refractivity contribution in [3.05, 3.63) is 27.3 Å². The lowest BCUT2D eigenvalue weighted by Crippen LogP contribution is -2.56. The van der Waals surface area contributed by atoms with Gasteiger partial charge in [0, 0.05) is 34.9 Å². The zero-order valence-electron chi connectivity index (χ0n) is 11.8. The Morgan fingerprint density at radius 2 is 2.06 bits per heavy atom. The minimum absolute atomic E-state index is 0.314. The summed E-state index contributed by atoms with van der Waals surface area (Å²) in [6.45, 7) is 12.4. The van der Waals surface area contributed by atoms with E-state index >= 15 is 0 Å². The van der Waals surface area contributed by atoms with Crippen LogP contribution < -0.4 is 10.2 Å². The van der Waals surface area contributed by atoms with E-state index in [1.54, 1.807) is 0 Å². The van der Waals surface area contributed by atoms with E-state index in [0.29, 0.717) is 11.5 Å². The molecule has 2 nitrogen and oxygen atoms in total. The molecule has 3 heteroatoms. The minimum atomic E-state index is 0.314. The van der Waals surface area contributed by atoms with Gasteiger partial charge >= 0.3 is 0 Å². The van der Waals surface area contributed by atoms with Crippen LogP contribution in [0.5, 0.6) is 0 Å². The first-order chi connectivity index (χ1) is 8.38. The molecule has 0 bridgehead atoms. The maximum Gasteiger partial charge on any atom is 0.0407 e. The predicted octanol–water partition coefficient (Wildman–Crippen LogP) is 3.42. The van der Waals surface area contributed by atoms with Crippen molar-refractivity contribution in [2.75, 3.05) is 24.5 Å². The van der Waals surface area contributed by atoms with Crippen molar-refractivity contribution in [2.45, 2.75) is 33.7 Å². The molecule has 1 saturated heterocycles. The number of nitrogens with one attached hydrogen (secondary N) is 1. The number of rotatable bonds is 1. The van der Waals surface area contributed by atoms with Crippen LogP contribution in [0.25, 0.3) is 0 Å². The molecule has 0 radical (unpaired) electrons. The third kappa shape index (κ3) is 3.18. The van der Waals surface area contributed by atoms with Gasteiger partial charge in [-0.15, -0.1) is 0 Å². The highest BCUT2D eigenvalue weighted by atomic mass is 127. The van der Waals surface area contributed by atoms with Gasteiger partial charge in [0.1, 0.15) is 0 Å². The summed E-state index contributed by atoms with van der Waals surface area (Å²) in [7, 11) is 0. The van der Waals surface area contributed by atoms with Crippen molar-refractivity contribution < 1.29 is 0 Å². The minimum Gasteiger partial charge on any atom is -0.368 e. The summed E-state index contributed by atoms with van der Waals surface area (Å²) in [5, 5.41) is 3.65. The molecule has 2 rings (SSSR count). The largest absolute Gasteiger partial charge is 0.368 e. The fourth-order valence-corrected chi connectivity index (χ4v) is 2.95. The maximum absolute atomic E-state index is 3.65. The van der Waals surface area contributed by atoms with E-state index in [4.69, 9.17) is 0 Å². The van der Waals surface area contributed by atoms with Crippen LogP contribution in [-0.4, -0.2) is 25.7 Å². The Morgan fingerprint density at radius 3 is 2.72 bits per heavy atom. The molecular weight excluding hydrogens is 335 g/mol. The number of benzene rings is 1. The molecular formula is C15H23IN2. The molecule has 0 aromatic heterocycles. The van der Waals surface area contributed by atoms with Crippen LogP contribution in [0.2, 0.25) is 0 Å². The molecule has 0 spiro atoms. The van der Waals surface area contributed by atoms with E-state index in [9.17, 15) is 0 Å². The van der Waals surface area contributed by atoms with E-state index in [0.717, 1.165) is 19.6 Å². The maximum atomic E-state index is 3.65. The smallest absolute Gasteiger partial charge is 0.0407 e. The monoisotopic (exact) mass is 358 g/mol. The Labute approximate surface area is 124 Å². The van der Waals surface area contributed by atoms with Crippen molar-refractivity contribution in [3.8, 4) is 0 Å². The summed E-state index contributed by atoms with van der Waals surface area (Å²) >= 11 is 2.40. The van der Waals surface area contributed by atoms with Gasteiger partial charge in [-0.2, -0.15) is 0 Å². The number of nitrogens with zero attached hydrogens (tertiary/aromatic N) is 1. The van der Waals surface area contributed by atoms with Crippen LogP contribution in [0.1, 0.15) is 26.3 Å². The SMILES string of the molecule is Cc1ccc(I)cc1N1CCNC(C(C)(C)C)C1. The third-order valence-corrected chi connectivity index (χ3v) is 4.40. The van der Waals surface area contributed by atoms with Crippen LogP contribution in [0.15, 0.2) is 18.2 Å². The van der Waals surface area contributed by atoms with Gasteiger partial charge in [0.05, 0.1) is 0 Å². The summed E-state index contributed by atoms with van der Waals surface area (Å²) in [5.74, 6) is 0. The Balaban J connectivity index is 2.21. The average Bonchev–Trinajstić information content (AvgIpc) is 2.31. The lowest BCUT2D eigenvalue weighted by atomic mass is 9.85. The third-order valence-electron chi connectivity index (χ3n) is 3.73. The summed E-state index contributed by atoms with van der Waals surface area (Å²) in [6, 6.07) is 7.28. The van der Waals surface area contributed by atoms with E-state index in [2.05, 4.69) is 78.7 Å². The normalized spacial score (nSPS) is 21.2. The lowest BCUT2D eigenvalue weighted by Gasteiger charge is -2.42. The van der Waals surface area contributed by atoms with Crippen LogP contribution >= 0.6 is 22.6 Å². The zero-order chi connectivity index (χ0) is 13.3. The molecule has 1 atom stereocenters. The van der Waals surface area contributed by atoms with E-state index in [-0.39, 0.29) is 0 Å². The van der Waals surface area contributed by atoms with Crippen LogP contribution in [0.3, 0.4) is 0 Å². The molecule has 18 heavy (non-hydrogen) atoms. The summed E-state index contributed by atoms with van der Waals surface area (Å²) < 4.78 is 1.32. The molecule has 0 saturated carbocycles. The van der Waals surface area contributed by atoms with Gasteiger partial charge in [-0.25, -0.2) is 0 Å². The first kappa shape index (κ1) is 14.1. The molecule has 1 unspecified atom stereocenters. The van der Waals surface area contributed by atoms with Crippen molar-refractivity contribution in [1.82, 2.24) is 5.32 Å². The number of piperazine rings is 1. The molecule has 1 aromatic rings. The topological polar surface area (TPSA) is 15.3 Å². The number of halogens is 1. The van der Waals surface area contributed by atoms with Gasteiger partial charge in [0.15, 0.2) is 0 Å². The van der Waals surface area contributed by atoms with Gasteiger partial charge < -0.3 is 10.2 Å². The molecule has 1 aromatic carbocycles. The van der Waals surface area contributed by atoms with Crippen LogP contribution in [-0.2, 0) is 0 Å². The molecule has 1 N–H and O–H groups in total. The number of hydrogen-bond donors (Lipinski definition) is 1. The van der Waals surface area contributed by atoms with Crippen molar-refractivity contribution >= 4 is 28.3 Å². The first-order valence-electron chi connectivity index (χ1n) is 6.62. The molecule has 1 aliphatic rings. The van der Waals surface area contributed by atoms with Crippen molar-refractivity contribution in [3.63, 3.8) is 0 Å². The fraction of sp³-hybridized carbons (Fsp3) is 0.600. The Kier molecular flexibility index (Phi) is 4.22. The molecule has 100 valence electrons. The van der Waals surface area contributed by atoms with Crippen LogP contribution in [0, 0.1) is 15.9 Å². The van der Waals surface area contributed by atoms with Gasteiger partial charge in [-0.1, -0.05) is 26.8 Å². The predicted molar refractivity (Wildman–Crippen MR) is 87.4 cm³/mol. The average molecular weight is 358 g/mol. The van der Waals surface area contributed by atoms with Crippen LogP contribution in [0.4, 0.5) is 5.69 Å². The number of hydrogen-bond acceptors (Lipinski definition) is 2. The van der Waals surface area contributed by atoms with Crippen molar-refractivity contribution in [1.29, 1.82) is 0 Å². The van der Waals surface area contributed by atoms with E-state index in [1.165, 1.54) is 14.8 Å². The quantitative estimate of drug-likeness (QED) is 0.774. The standard InChI is InChI=1S/C15H23IN2/c1-11-5-6-12(16)9-13(11)18-8-7-17-14(10-18)15(2,3)4/h5-6,9,14,17H,7-8,10H2,1-4H3. The number of aryl methyl sites for hydroxylation is 1. The summed E-state index contributed by atoms with van der Waals surface area (Å²) in [4.78, 5) is 2.53. The second-order valence-corrected chi connectivity index (χ2v) is 7.50. The fourth-order valence-electron chi connectivity index (χ4n) is 2.47. The number of anilines is 1. The van der Waals surface area contributed by atoms with E-state index < -0.39 is 0 Å².